The number of aromatic nitrogens is 1. The molecule has 5 nitrogen and oxygen atoms in total. The minimum Gasteiger partial charge on any atom is -0.295 e. The normalized spacial score (nSPS) is 16.2. The topological polar surface area (TPSA) is 53.5 Å². The van der Waals surface area contributed by atoms with E-state index in [-0.39, 0.29) is 0 Å². The number of sulfonamides is 1. The zero-order valence-electron chi connectivity index (χ0n) is 16.5. The fourth-order valence-electron chi connectivity index (χ4n) is 3.63. The lowest BCUT2D eigenvalue weighted by molar-refractivity contribution is 0.180. The molecule has 0 N–H and O–H groups in total. The third-order valence-electron chi connectivity index (χ3n) is 5.21. The van der Waals surface area contributed by atoms with E-state index in [1.54, 1.807) is 27.8 Å². The Kier molecular flexibility index (Phi) is 6.10. The Morgan fingerprint density at radius 1 is 0.966 bits per heavy atom. The molecular formula is C22H25N3O2S2. The molecule has 4 rings (SSSR count). The number of thiazole rings is 1. The van der Waals surface area contributed by atoms with E-state index in [9.17, 15) is 8.42 Å². The van der Waals surface area contributed by atoms with Crippen LogP contribution in [0.4, 0.5) is 0 Å². The first-order valence-electron chi connectivity index (χ1n) is 9.88. The van der Waals surface area contributed by atoms with Gasteiger partial charge in [-0.15, -0.1) is 11.3 Å². The quantitative estimate of drug-likeness (QED) is 0.599. The molecule has 2 heterocycles. The van der Waals surface area contributed by atoms with Gasteiger partial charge >= 0.3 is 0 Å². The molecule has 0 spiro atoms. The predicted octanol–water partition coefficient (Wildman–Crippen LogP) is 3.88. The van der Waals surface area contributed by atoms with E-state index in [0.717, 1.165) is 34.8 Å². The highest BCUT2D eigenvalue weighted by atomic mass is 32.2. The van der Waals surface area contributed by atoms with E-state index in [4.69, 9.17) is 0 Å². The highest BCUT2D eigenvalue weighted by molar-refractivity contribution is 7.89. The van der Waals surface area contributed by atoms with Gasteiger partial charge in [0, 0.05) is 43.7 Å². The average molecular weight is 428 g/mol. The zero-order valence-corrected chi connectivity index (χ0v) is 18.1. The summed E-state index contributed by atoms with van der Waals surface area (Å²) in [5.74, 6) is 0. The van der Waals surface area contributed by atoms with Crippen molar-refractivity contribution in [1.29, 1.82) is 0 Å². The van der Waals surface area contributed by atoms with Gasteiger partial charge in [0.2, 0.25) is 10.0 Å². The first kappa shape index (κ1) is 20.2. The Bertz CT molecular complexity index is 1060. The molecule has 1 saturated heterocycles. The fourth-order valence-corrected chi connectivity index (χ4v) is 6.00. The maximum absolute atomic E-state index is 13.4. The van der Waals surface area contributed by atoms with Crippen LogP contribution >= 0.6 is 11.3 Å². The van der Waals surface area contributed by atoms with Gasteiger partial charge in [-0.1, -0.05) is 55.5 Å². The van der Waals surface area contributed by atoms with Crippen molar-refractivity contribution in [1.82, 2.24) is 14.2 Å². The van der Waals surface area contributed by atoms with Gasteiger partial charge < -0.3 is 0 Å². The molecule has 0 saturated carbocycles. The molecule has 152 valence electrons. The van der Waals surface area contributed by atoms with Crippen LogP contribution in [0.5, 0.6) is 0 Å². The van der Waals surface area contributed by atoms with Crippen molar-refractivity contribution >= 4 is 21.4 Å². The minimum absolute atomic E-state index is 0.381. The molecule has 1 aromatic heterocycles. The van der Waals surface area contributed by atoms with E-state index in [1.807, 2.05) is 42.5 Å². The molecule has 1 aliphatic rings. The first-order valence-corrected chi connectivity index (χ1v) is 12.2. The lowest BCUT2D eigenvalue weighted by Gasteiger charge is -2.34. The second kappa shape index (κ2) is 8.75. The second-order valence-electron chi connectivity index (χ2n) is 7.13. The Hall–Kier alpha value is -2.06. The molecular weight excluding hydrogens is 402 g/mol. The maximum Gasteiger partial charge on any atom is 0.243 e. The van der Waals surface area contributed by atoms with Gasteiger partial charge in [-0.2, -0.15) is 4.31 Å². The molecule has 3 aromatic rings. The standard InChI is InChI=1S/C22H25N3O2S2/c1-2-22-23-19(17-28-22)16-24-12-14-25(15-13-24)29(26,27)21-11-7-6-10-20(21)18-8-4-3-5-9-18/h3-11,17H,2,12-16H2,1H3. The Morgan fingerprint density at radius 3 is 2.34 bits per heavy atom. The molecule has 0 aliphatic carbocycles. The summed E-state index contributed by atoms with van der Waals surface area (Å²) in [6.07, 6.45) is 0.956. The molecule has 29 heavy (non-hydrogen) atoms. The smallest absolute Gasteiger partial charge is 0.243 e. The van der Waals surface area contributed by atoms with Crippen LogP contribution in [0.3, 0.4) is 0 Å². The highest BCUT2D eigenvalue weighted by Crippen LogP contribution is 2.29. The number of rotatable bonds is 6. The van der Waals surface area contributed by atoms with Crippen molar-refractivity contribution in [3.05, 3.63) is 70.7 Å². The summed E-state index contributed by atoms with van der Waals surface area (Å²) in [4.78, 5) is 7.29. The Balaban J connectivity index is 1.48. The van der Waals surface area contributed by atoms with Gasteiger partial charge in [-0.25, -0.2) is 13.4 Å². The largest absolute Gasteiger partial charge is 0.295 e. The Morgan fingerprint density at radius 2 is 1.66 bits per heavy atom. The zero-order chi connectivity index (χ0) is 20.3. The molecule has 0 bridgehead atoms. The third kappa shape index (κ3) is 4.43. The number of piperazine rings is 1. The molecule has 2 aromatic carbocycles. The van der Waals surface area contributed by atoms with Crippen molar-refractivity contribution in [3.63, 3.8) is 0 Å². The Labute approximate surface area is 176 Å². The lowest BCUT2D eigenvalue weighted by Crippen LogP contribution is -2.48. The highest BCUT2D eigenvalue weighted by Gasteiger charge is 2.30. The monoisotopic (exact) mass is 427 g/mol. The molecule has 0 amide bonds. The third-order valence-corrected chi connectivity index (χ3v) is 8.21. The van der Waals surface area contributed by atoms with E-state index in [1.165, 1.54) is 0 Å². The molecule has 0 radical (unpaired) electrons. The van der Waals surface area contributed by atoms with E-state index < -0.39 is 10.0 Å². The number of nitrogens with zero attached hydrogens (tertiary/aromatic N) is 3. The lowest BCUT2D eigenvalue weighted by atomic mass is 10.1. The van der Waals surface area contributed by atoms with Gasteiger partial charge in [-0.05, 0) is 18.1 Å². The van der Waals surface area contributed by atoms with Crippen LogP contribution in [-0.2, 0) is 23.0 Å². The summed E-state index contributed by atoms with van der Waals surface area (Å²) in [6.45, 7) is 5.31. The SMILES string of the molecule is CCc1nc(CN2CCN(S(=O)(=O)c3ccccc3-c3ccccc3)CC2)cs1. The van der Waals surface area contributed by atoms with E-state index in [0.29, 0.717) is 31.1 Å². The van der Waals surface area contributed by atoms with E-state index >= 15 is 0 Å². The summed E-state index contributed by atoms with van der Waals surface area (Å²) < 4.78 is 28.4. The summed E-state index contributed by atoms with van der Waals surface area (Å²) in [5, 5.41) is 3.26. The van der Waals surface area contributed by atoms with Crippen LogP contribution < -0.4 is 0 Å². The van der Waals surface area contributed by atoms with Gasteiger partial charge in [-0.3, -0.25) is 4.90 Å². The summed E-state index contributed by atoms with van der Waals surface area (Å²) in [7, 11) is -3.54. The van der Waals surface area contributed by atoms with Crippen molar-refractivity contribution in [3.8, 4) is 11.1 Å². The summed E-state index contributed by atoms with van der Waals surface area (Å²) >= 11 is 1.70. The number of hydrogen-bond acceptors (Lipinski definition) is 5. The average Bonchev–Trinajstić information content (AvgIpc) is 3.22. The number of benzene rings is 2. The van der Waals surface area contributed by atoms with Crippen molar-refractivity contribution in [2.24, 2.45) is 0 Å². The van der Waals surface area contributed by atoms with Crippen LogP contribution in [0.15, 0.2) is 64.9 Å². The van der Waals surface area contributed by atoms with Gasteiger partial charge in [0.1, 0.15) is 0 Å². The molecule has 1 aliphatic heterocycles. The molecule has 7 heteroatoms. The van der Waals surface area contributed by atoms with Gasteiger partial charge in [0.15, 0.2) is 0 Å². The van der Waals surface area contributed by atoms with E-state index in [2.05, 4.69) is 22.2 Å². The van der Waals surface area contributed by atoms with Crippen LogP contribution in [0.1, 0.15) is 17.6 Å². The summed E-state index contributed by atoms with van der Waals surface area (Å²) in [5.41, 5.74) is 2.75. The molecule has 1 fully saturated rings. The van der Waals surface area contributed by atoms with Crippen molar-refractivity contribution in [2.75, 3.05) is 26.2 Å². The van der Waals surface area contributed by atoms with Gasteiger partial charge in [0.25, 0.3) is 0 Å². The molecule has 0 atom stereocenters. The van der Waals surface area contributed by atoms with Crippen LogP contribution in [-0.4, -0.2) is 48.8 Å². The van der Waals surface area contributed by atoms with Crippen LogP contribution in [0.25, 0.3) is 11.1 Å². The van der Waals surface area contributed by atoms with Crippen LogP contribution in [0, 0.1) is 0 Å². The van der Waals surface area contributed by atoms with Crippen molar-refractivity contribution < 1.29 is 8.42 Å². The fraction of sp³-hybridized carbons (Fsp3) is 0.318. The predicted molar refractivity (Wildman–Crippen MR) is 117 cm³/mol. The van der Waals surface area contributed by atoms with Crippen molar-refractivity contribution in [2.45, 2.75) is 24.8 Å². The maximum atomic E-state index is 13.4. The number of aryl methyl sites for hydroxylation is 1. The summed E-state index contributed by atoms with van der Waals surface area (Å²) in [6, 6.07) is 17.0. The minimum atomic E-state index is -3.54. The van der Waals surface area contributed by atoms with Crippen LogP contribution in [0.2, 0.25) is 0 Å². The number of hydrogen-bond donors (Lipinski definition) is 0. The first-order chi connectivity index (χ1) is 14.1. The second-order valence-corrected chi connectivity index (χ2v) is 9.98. The molecule has 0 unspecified atom stereocenters. The van der Waals surface area contributed by atoms with Gasteiger partial charge in [0.05, 0.1) is 15.6 Å².